The molecule has 0 spiro atoms. The van der Waals surface area contributed by atoms with Gasteiger partial charge in [-0.15, -0.1) is 11.3 Å². The summed E-state index contributed by atoms with van der Waals surface area (Å²) in [4.78, 5) is 34.2. The largest absolute Gasteiger partial charge is 0.451 e. The molecule has 2 aromatic carbocycles. The summed E-state index contributed by atoms with van der Waals surface area (Å²) in [7, 11) is 0. The third-order valence-corrected chi connectivity index (χ3v) is 6.96. The Bertz CT molecular complexity index is 1280. The lowest BCUT2D eigenvalue weighted by Crippen LogP contribution is -2.36. The van der Waals surface area contributed by atoms with Crippen LogP contribution in [0, 0.1) is 6.92 Å². The summed E-state index contributed by atoms with van der Waals surface area (Å²) in [6.45, 7) is 5.17. The number of aromatic nitrogens is 1. The van der Waals surface area contributed by atoms with Crippen LogP contribution in [0.25, 0.3) is 11.0 Å². The van der Waals surface area contributed by atoms with Gasteiger partial charge in [0.2, 0.25) is 5.91 Å². The number of aryl methyl sites for hydroxylation is 1. The van der Waals surface area contributed by atoms with Gasteiger partial charge in [0.05, 0.1) is 12.1 Å². The number of carbonyl (C=O) groups is 2. The van der Waals surface area contributed by atoms with E-state index in [1.807, 2.05) is 60.4 Å². The maximum atomic E-state index is 12.9. The lowest BCUT2D eigenvalue weighted by atomic mass is 10.1. The molecule has 0 bridgehead atoms. The fourth-order valence-electron chi connectivity index (χ4n) is 4.12. The number of nitrogens with zero attached hydrogens (tertiary/aromatic N) is 3. The fraction of sp³-hybridized carbons (Fsp3) is 0.269. The molecule has 0 radical (unpaired) electrons. The van der Waals surface area contributed by atoms with Crippen LogP contribution in [0.15, 0.2) is 64.4 Å². The van der Waals surface area contributed by atoms with Crippen LogP contribution in [0.1, 0.15) is 28.2 Å². The van der Waals surface area contributed by atoms with Crippen LogP contribution in [0.4, 0.5) is 10.8 Å². The molecule has 174 valence electrons. The zero-order chi connectivity index (χ0) is 23.5. The molecule has 2 aromatic heterocycles. The topological polar surface area (TPSA) is 78.7 Å². The third kappa shape index (κ3) is 4.97. The smallest absolute Gasteiger partial charge is 0.291 e. The Kier molecular flexibility index (Phi) is 6.31. The van der Waals surface area contributed by atoms with Crippen LogP contribution in [-0.2, 0) is 11.2 Å². The highest BCUT2D eigenvalue weighted by molar-refractivity contribution is 7.13. The summed E-state index contributed by atoms with van der Waals surface area (Å²) in [5.41, 5.74) is 3.29. The van der Waals surface area contributed by atoms with Gasteiger partial charge >= 0.3 is 0 Å². The van der Waals surface area contributed by atoms with Crippen LogP contribution < -0.4 is 10.2 Å². The van der Waals surface area contributed by atoms with Crippen LogP contribution in [0.5, 0.6) is 0 Å². The summed E-state index contributed by atoms with van der Waals surface area (Å²) >= 11 is 1.66. The second-order valence-electron chi connectivity index (χ2n) is 8.47. The summed E-state index contributed by atoms with van der Waals surface area (Å²) in [5, 5.41) is 6.84. The Morgan fingerprint density at radius 3 is 2.65 bits per heavy atom. The van der Waals surface area contributed by atoms with Crippen LogP contribution in [0.2, 0.25) is 0 Å². The highest BCUT2D eigenvalue weighted by atomic mass is 32.1. The summed E-state index contributed by atoms with van der Waals surface area (Å²) in [6, 6.07) is 16.7. The minimum atomic E-state index is -0.301. The molecule has 0 unspecified atom stereocenters. The SMILES string of the molecule is Cc1csc(N2CCCN(C(=O)Cc3ccc(NC(=O)c4cc5ccccc5o4)cc3)CC2)n1. The first-order chi connectivity index (χ1) is 16.5. The number of carbonyl (C=O) groups excluding carboxylic acids is 2. The van der Waals surface area contributed by atoms with Gasteiger partial charge in [0.25, 0.3) is 5.91 Å². The monoisotopic (exact) mass is 474 g/mol. The predicted octanol–water partition coefficient (Wildman–Crippen LogP) is 4.73. The molecule has 0 saturated carbocycles. The molecular weight excluding hydrogens is 448 g/mol. The van der Waals surface area contributed by atoms with Crippen molar-refractivity contribution in [3.8, 4) is 0 Å². The second-order valence-corrected chi connectivity index (χ2v) is 9.31. The van der Waals surface area contributed by atoms with Gasteiger partial charge in [0, 0.05) is 42.6 Å². The minimum absolute atomic E-state index is 0.122. The molecule has 8 heteroatoms. The number of hydrogen-bond acceptors (Lipinski definition) is 6. The van der Waals surface area contributed by atoms with Gasteiger partial charge in [-0.05, 0) is 43.2 Å². The first kappa shape index (κ1) is 22.2. The highest BCUT2D eigenvalue weighted by Gasteiger charge is 2.21. The van der Waals surface area contributed by atoms with E-state index in [0.717, 1.165) is 47.8 Å². The molecule has 2 amide bonds. The van der Waals surface area contributed by atoms with Crippen molar-refractivity contribution in [1.82, 2.24) is 9.88 Å². The Morgan fingerprint density at radius 2 is 1.88 bits per heavy atom. The number of furan rings is 1. The van der Waals surface area contributed by atoms with Crippen LogP contribution in [-0.4, -0.2) is 47.9 Å². The molecule has 34 heavy (non-hydrogen) atoms. The number of para-hydroxylation sites is 1. The molecule has 0 aliphatic carbocycles. The Morgan fingerprint density at radius 1 is 1.06 bits per heavy atom. The minimum Gasteiger partial charge on any atom is -0.451 e. The fourth-order valence-corrected chi connectivity index (χ4v) is 4.98. The van der Waals surface area contributed by atoms with Gasteiger partial charge in [0.15, 0.2) is 10.9 Å². The first-order valence-electron chi connectivity index (χ1n) is 11.4. The molecule has 4 aromatic rings. The van der Waals surface area contributed by atoms with E-state index in [1.165, 1.54) is 0 Å². The Balaban J connectivity index is 1.16. The van der Waals surface area contributed by atoms with E-state index in [0.29, 0.717) is 24.2 Å². The molecule has 5 rings (SSSR count). The third-order valence-electron chi connectivity index (χ3n) is 5.94. The molecule has 1 fully saturated rings. The summed E-state index contributed by atoms with van der Waals surface area (Å²) in [6.07, 6.45) is 1.27. The second kappa shape index (κ2) is 9.69. The van der Waals surface area contributed by atoms with Crippen molar-refractivity contribution in [3.05, 3.63) is 77.0 Å². The number of rotatable bonds is 5. The van der Waals surface area contributed by atoms with E-state index < -0.39 is 0 Å². The average Bonchev–Trinajstić information content (AvgIpc) is 3.39. The van der Waals surface area contributed by atoms with E-state index in [-0.39, 0.29) is 17.6 Å². The standard InChI is InChI=1S/C26H26N4O3S/c1-18-17-34-26(27-18)30-12-4-11-29(13-14-30)24(31)15-19-7-9-21(10-8-19)28-25(32)23-16-20-5-2-3-6-22(20)33-23/h2-3,5-10,16-17H,4,11-15H2,1H3,(H,28,32). The van der Waals surface area contributed by atoms with Gasteiger partial charge in [-0.3, -0.25) is 9.59 Å². The normalized spacial score (nSPS) is 14.3. The summed E-state index contributed by atoms with van der Waals surface area (Å²) < 4.78 is 5.62. The number of anilines is 2. The summed E-state index contributed by atoms with van der Waals surface area (Å²) in [5.74, 6) is 0.0874. The van der Waals surface area contributed by atoms with Gasteiger partial charge in [0.1, 0.15) is 5.58 Å². The van der Waals surface area contributed by atoms with Gasteiger partial charge < -0.3 is 19.5 Å². The van der Waals surface area contributed by atoms with E-state index >= 15 is 0 Å². The number of hydrogen-bond donors (Lipinski definition) is 1. The van der Waals surface area contributed by atoms with E-state index in [4.69, 9.17) is 4.42 Å². The molecule has 1 saturated heterocycles. The van der Waals surface area contributed by atoms with E-state index in [9.17, 15) is 9.59 Å². The average molecular weight is 475 g/mol. The van der Waals surface area contributed by atoms with E-state index in [2.05, 4.69) is 20.6 Å². The van der Waals surface area contributed by atoms with E-state index in [1.54, 1.807) is 17.4 Å². The molecule has 1 aliphatic heterocycles. The highest BCUT2D eigenvalue weighted by Crippen LogP contribution is 2.22. The number of benzene rings is 2. The maximum Gasteiger partial charge on any atom is 0.291 e. The molecular formula is C26H26N4O3S. The van der Waals surface area contributed by atoms with Crippen molar-refractivity contribution in [2.45, 2.75) is 19.8 Å². The zero-order valence-corrected chi connectivity index (χ0v) is 19.8. The Hall–Kier alpha value is -3.65. The number of amides is 2. The van der Waals surface area contributed by atoms with Crippen molar-refractivity contribution in [1.29, 1.82) is 0 Å². The lowest BCUT2D eigenvalue weighted by molar-refractivity contribution is -0.130. The van der Waals surface area contributed by atoms with Crippen molar-refractivity contribution in [2.75, 3.05) is 36.4 Å². The molecule has 0 atom stereocenters. The molecule has 1 N–H and O–H groups in total. The van der Waals surface area contributed by atoms with Gasteiger partial charge in [-0.25, -0.2) is 4.98 Å². The molecule has 1 aliphatic rings. The predicted molar refractivity (Wildman–Crippen MR) is 135 cm³/mol. The number of fused-ring (bicyclic) bond motifs is 1. The van der Waals surface area contributed by atoms with Crippen molar-refractivity contribution >= 4 is 44.9 Å². The molecule has 7 nitrogen and oxygen atoms in total. The lowest BCUT2D eigenvalue weighted by Gasteiger charge is -2.22. The van der Waals surface area contributed by atoms with Crippen molar-refractivity contribution in [3.63, 3.8) is 0 Å². The number of nitrogens with one attached hydrogen (secondary N) is 1. The van der Waals surface area contributed by atoms with Crippen molar-refractivity contribution in [2.24, 2.45) is 0 Å². The van der Waals surface area contributed by atoms with Crippen LogP contribution >= 0.6 is 11.3 Å². The quantitative estimate of drug-likeness (QED) is 0.452. The van der Waals surface area contributed by atoms with Gasteiger partial charge in [-0.2, -0.15) is 0 Å². The Labute approximate surface area is 202 Å². The zero-order valence-electron chi connectivity index (χ0n) is 19.0. The maximum absolute atomic E-state index is 12.9. The first-order valence-corrected chi connectivity index (χ1v) is 12.3. The number of thiazole rings is 1. The van der Waals surface area contributed by atoms with Gasteiger partial charge in [-0.1, -0.05) is 30.3 Å². The van der Waals surface area contributed by atoms with Crippen LogP contribution in [0.3, 0.4) is 0 Å². The van der Waals surface area contributed by atoms with Crippen molar-refractivity contribution < 1.29 is 14.0 Å². The molecule has 3 heterocycles.